The molecule has 2 aromatic rings. The van der Waals surface area contributed by atoms with Gasteiger partial charge in [-0.3, -0.25) is 9.88 Å². The lowest BCUT2D eigenvalue weighted by molar-refractivity contribution is 0.158. The number of anilines is 1. The summed E-state index contributed by atoms with van der Waals surface area (Å²) >= 11 is 0. The molecule has 0 unspecified atom stereocenters. The summed E-state index contributed by atoms with van der Waals surface area (Å²) in [5.41, 5.74) is 5.28. The maximum Gasteiger partial charge on any atom is 0.0726 e. The molecule has 0 saturated carbocycles. The third-order valence-electron chi connectivity index (χ3n) is 5.49. The van der Waals surface area contributed by atoms with E-state index in [0.717, 1.165) is 25.0 Å². The highest BCUT2D eigenvalue weighted by atomic mass is 15.2. The van der Waals surface area contributed by atoms with Crippen LogP contribution in [0.5, 0.6) is 0 Å². The molecule has 0 bridgehead atoms. The first-order valence-electron chi connectivity index (χ1n) is 9.36. The summed E-state index contributed by atoms with van der Waals surface area (Å²) in [4.78, 5) is 9.91. The van der Waals surface area contributed by atoms with E-state index in [1.807, 2.05) is 0 Å². The van der Waals surface area contributed by atoms with Crippen molar-refractivity contribution < 1.29 is 0 Å². The van der Waals surface area contributed by atoms with Crippen LogP contribution in [0, 0.1) is 0 Å². The Labute approximate surface area is 144 Å². The maximum absolute atomic E-state index is 4.93. The molecule has 0 spiro atoms. The van der Waals surface area contributed by atoms with Crippen molar-refractivity contribution in [1.29, 1.82) is 0 Å². The number of fused-ring (bicyclic) bond motifs is 2. The smallest absolute Gasteiger partial charge is 0.0726 e. The van der Waals surface area contributed by atoms with Crippen LogP contribution in [-0.2, 0) is 12.8 Å². The lowest BCUT2D eigenvalue weighted by Gasteiger charge is -2.32. The Morgan fingerprint density at radius 1 is 1.04 bits per heavy atom. The van der Waals surface area contributed by atoms with Crippen LogP contribution in [0.4, 0.5) is 5.69 Å². The van der Waals surface area contributed by atoms with Gasteiger partial charge in [-0.15, -0.1) is 0 Å². The van der Waals surface area contributed by atoms with Crippen molar-refractivity contribution in [3.8, 4) is 0 Å². The molecule has 1 fully saturated rings. The lowest BCUT2D eigenvalue weighted by Crippen LogP contribution is -2.45. The number of hydrogen-bond acceptors (Lipinski definition) is 4. The van der Waals surface area contributed by atoms with Crippen LogP contribution in [0.15, 0.2) is 24.3 Å². The van der Waals surface area contributed by atoms with Gasteiger partial charge < -0.3 is 10.2 Å². The molecule has 24 heavy (non-hydrogen) atoms. The predicted molar refractivity (Wildman–Crippen MR) is 101 cm³/mol. The van der Waals surface area contributed by atoms with E-state index < -0.39 is 0 Å². The van der Waals surface area contributed by atoms with Crippen LogP contribution in [0.25, 0.3) is 10.9 Å². The largest absolute Gasteiger partial charge is 0.383 e. The molecule has 0 atom stereocenters. The van der Waals surface area contributed by atoms with Crippen molar-refractivity contribution in [2.75, 3.05) is 51.6 Å². The minimum atomic E-state index is 1.02. The normalized spacial score (nSPS) is 19.4. The Morgan fingerprint density at radius 2 is 1.83 bits per heavy atom. The quantitative estimate of drug-likeness (QED) is 0.937. The fraction of sp³-hybridized carbons (Fsp3) is 0.550. The SMILES string of the molecule is CN1CCN(CCNc2c3c(nc4ccccc24)CCCC3)CC1. The second-order valence-electron chi connectivity index (χ2n) is 7.21. The monoisotopic (exact) mass is 324 g/mol. The van der Waals surface area contributed by atoms with Crippen LogP contribution in [0.1, 0.15) is 24.1 Å². The third kappa shape index (κ3) is 3.26. The van der Waals surface area contributed by atoms with Gasteiger partial charge in [0.2, 0.25) is 0 Å². The molecule has 1 aromatic heterocycles. The molecule has 0 amide bonds. The summed E-state index contributed by atoms with van der Waals surface area (Å²) in [6, 6.07) is 8.59. The molecule has 1 saturated heterocycles. The Bertz CT molecular complexity index is 704. The van der Waals surface area contributed by atoms with E-state index in [4.69, 9.17) is 4.98 Å². The van der Waals surface area contributed by atoms with Gasteiger partial charge in [-0.1, -0.05) is 18.2 Å². The van der Waals surface area contributed by atoms with Crippen molar-refractivity contribution in [2.45, 2.75) is 25.7 Å². The number of nitrogens with one attached hydrogen (secondary N) is 1. The number of hydrogen-bond donors (Lipinski definition) is 1. The molecule has 4 nitrogen and oxygen atoms in total. The van der Waals surface area contributed by atoms with E-state index >= 15 is 0 Å². The third-order valence-corrected chi connectivity index (χ3v) is 5.49. The van der Waals surface area contributed by atoms with Crippen molar-refractivity contribution in [3.05, 3.63) is 35.5 Å². The molecule has 1 aliphatic heterocycles. The zero-order valence-corrected chi connectivity index (χ0v) is 14.7. The number of piperazine rings is 1. The first-order valence-corrected chi connectivity index (χ1v) is 9.36. The highest BCUT2D eigenvalue weighted by Gasteiger charge is 2.18. The molecule has 1 N–H and O–H groups in total. The average molecular weight is 324 g/mol. The van der Waals surface area contributed by atoms with E-state index in [2.05, 4.69) is 46.4 Å². The molecular formula is C20H28N4. The first kappa shape index (κ1) is 15.9. The van der Waals surface area contributed by atoms with Crippen LogP contribution in [0.2, 0.25) is 0 Å². The van der Waals surface area contributed by atoms with Crippen molar-refractivity contribution >= 4 is 16.6 Å². The van der Waals surface area contributed by atoms with E-state index in [0.29, 0.717) is 0 Å². The summed E-state index contributed by atoms with van der Waals surface area (Å²) in [5.74, 6) is 0. The number of nitrogens with zero attached hydrogens (tertiary/aromatic N) is 3. The minimum Gasteiger partial charge on any atom is -0.383 e. The standard InChI is InChI=1S/C20H28N4/c1-23-12-14-24(15-13-23)11-10-21-20-16-6-2-4-8-18(16)22-19-9-5-3-7-17(19)20/h2,4,6,8H,3,5,7,9-15H2,1H3,(H,21,22). The van der Waals surface area contributed by atoms with Crippen molar-refractivity contribution in [2.24, 2.45) is 0 Å². The summed E-state index contributed by atoms with van der Waals surface area (Å²) in [5, 5.41) is 5.07. The fourth-order valence-electron chi connectivity index (χ4n) is 3.98. The van der Waals surface area contributed by atoms with Gasteiger partial charge in [-0.05, 0) is 44.4 Å². The van der Waals surface area contributed by atoms with Gasteiger partial charge in [0.1, 0.15) is 0 Å². The molecule has 4 heteroatoms. The van der Waals surface area contributed by atoms with Gasteiger partial charge in [0.25, 0.3) is 0 Å². The summed E-state index contributed by atoms with van der Waals surface area (Å²) < 4.78 is 0. The number of aryl methyl sites for hydroxylation is 1. The number of aromatic nitrogens is 1. The molecule has 1 aromatic carbocycles. The van der Waals surface area contributed by atoms with Gasteiger partial charge in [0, 0.05) is 56.0 Å². The van der Waals surface area contributed by atoms with Gasteiger partial charge in [-0.25, -0.2) is 0 Å². The van der Waals surface area contributed by atoms with Crippen molar-refractivity contribution in [3.63, 3.8) is 0 Å². The highest BCUT2D eigenvalue weighted by molar-refractivity contribution is 5.93. The second-order valence-corrected chi connectivity index (χ2v) is 7.21. The van der Waals surface area contributed by atoms with Crippen molar-refractivity contribution in [1.82, 2.24) is 14.8 Å². The molecule has 2 heterocycles. The summed E-state index contributed by atoms with van der Waals surface area (Å²) in [7, 11) is 2.21. The number of para-hydroxylation sites is 1. The van der Waals surface area contributed by atoms with Gasteiger partial charge >= 0.3 is 0 Å². The Hall–Kier alpha value is -1.65. The average Bonchev–Trinajstić information content (AvgIpc) is 2.63. The Kier molecular flexibility index (Phi) is 4.67. The lowest BCUT2D eigenvalue weighted by atomic mass is 9.92. The predicted octanol–water partition coefficient (Wildman–Crippen LogP) is 2.77. The van der Waals surface area contributed by atoms with Gasteiger partial charge in [-0.2, -0.15) is 0 Å². The van der Waals surface area contributed by atoms with E-state index in [9.17, 15) is 0 Å². The second kappa shape index (κ2) is 7.08. The number of pyridine rings is 1. The number of rotatable bonds is 4. The number of likely N-dealkylation sites (N-methyl/N-ethyl adjacent to an activating group) is 1. The zero-order chi connectivity index (χ0) is 16.4. The fourth-order valence-corrected chi connectivity index (χ4v) is 3.98. The molecule has 1 aliphatic carbocycles. The maximum atomic E-state index is 4.93. The van der Waals surface area contributed by atoms with Crippen LogP contribution >= 0.6 is 0 Å². The minimum absolute atomic E-state index is 1.02. The van der Waals surface area contributed by atoms with Crippen LogP contribution < -0.4 is 5.32 Å². The number of benzene rings is 1. The zero-order valence-electron chi connectivity index (χ0n) is 14.7. The Balaban J connectivity index is 1.52. The highest BCUT2D eigenvalue weighted by Crippen LogP contribution is 2.33. The molecule has 128 valence electrons. The van der Waals surface area contributed by atoms with Gasteiger partial charge in [0.05, 0.1) is 5.52 Å². The molecular weight excluding hydrogens is 296 g/mol. The van der Waals surface area contributed by atoms with Gasteiger partial charge in [0.15, 0.2) is 0 Å². The van der Waals surface area contributed by atoms with E-state index in [1.54, 1.807) is 0 Å². The van der Waals surface area contributed by atoms with Crippen LogP contribution in [0.3, 0.4) is 0 Å². The van der Waals surface area contributed by atoms with Crippen LogP contribution in [-0.4, -0.2) is 61.1 Å². The summed E-state index contributed by atoms with van der Waals surface area (Å²) in [6.45, 7) is 6.89. The Morgan fingerprint density at radius 3 is 2.71 bits per heavy atom. The molecule has 0 radical (unpaired) electrons. The topological polar surface area (TPSA) is 31.4 Å². The van der Waals surface area contributed by atoms with E-state index in [-0.39, 0.29) is 0 Å². The van der Waals surface area contributed by atoms with E-state index in [1.165, 1.54) is 67.8 Å². The first-order chi connectivity index (χ1) is 11.8. The molecule has 4 rings (SSSR count). The molecule has 2 aliphatic rings. The summed E-state index contributed by atoms with van der Waals surface area (Å²) in [6.07, 6.45) is 4.87.